The van der Waals surface area contributed by atoms with Crippen molar-refractivity contribution in [2.75, 3.05) is 13.6 Å². The highest BCUT2D eigenvalue weighted by molar-refractivity contribution is 7.11. The first kappa shape index (κ1) is 17.5. The number of aryl methyl sites for hydroxylation is 2. The molecule has 0 aliphatic rings. The summed E-state index contributed by atoms with van der Waals surface area (Å²) < 4.78 is 0. The number of aliphatic imine (C=N–C) groups is 1. The molecule has 0 saturated heterocycles. The van der Waals surface area contributed by atoms with Gasteiger partial charge in [-0.25, -0.2) is 4.98 Å². The van der Waals surface area contributed by atoms with Crippen LogP contribution in [0.4, 0.5) is 0 Å². The second kappa shape index (κ2) is 8.67. The van der Waals surface area contributed by atoms with E-state index in [0.717, 1.165) is 25.3 Å². The van der Waals surface area contributed by atoms with Crippen LogP contribution in [-0.4, -0.2) is 24.5 Å². The molecule has 4 nitrogen and oxygen atoms in total. The van der Waals surface area contributed by atoms with E-state index in [1.54, 1.807) is 18.4 Å². The van der Waals surface area contributed by atoms with Crippen molar-refractivity contribution in [3.8, 4) is 0 Å². The molecule has 0 aliphatic heterocycles. The second-order valence-electron chi connectivity index (χ2n) is 5.49. The van der Waals surface area contributed by atoms with Crippen LogP contribution in [0.5, 0.6) is 0 Å². The van der Waals surface area contributed by atoms with Gasteiger partial charge in [0.1, 0.15) is 0 Å². The molecule has 23 heavy (non-hydrogen) atoms. The lowest BCUT2D eigenvalue weighted by Gasteiger charge is -2.18. The predicted octanol–water partition coefficient (Wildman–Crippen LogP) is 3.48. The Morgan fingerprint density at radius 3 is 2.65 bits per heavy atom. The van der Waals surface area contributed by atoms with Gasteiger partial charge in [-0.2, -0.15) is 0 Å². The van der Waals surface area contributed by atoms with Crippen LogP contribution >= 0.6 is 11.3 Å². The predicted molar refractivity (Wildman–Crippen MR) is 99.3 cm³/mol. The molecule has 1 atom stereocenters. The highest BCUT2D eigenvalue weighted by atomic mass is 32.1. The molecule has 0 radical (unpaired) electrons. The van der Waals surface area contributed by atoms with Gasteiger partial charge in [0, 0.05) is 24.9 Å². The van der Waals surface area contributed by atoms with Crippen LogP contribution in [0, 0.1) is 6.92 Å². The van der Waals surface area contributed by atoms with Crippen molar-refractivity contribution in [3.05, 3.63) is 51.5 Å². The minimum atomic E-state index is 0.219. The van der Waals surface area contributed by atoms with Crippen LogP contribution in [0.2, 0.25) is 0 Å². The van der Waals surface area contributed by atoms with Crippen molar-refractivity contribution >= 4 is 17.3 Å². The van der Waals surface area contributed by atoms with E-state index >= 15 is 0 Å². The Balaban J connectivity index is 1.83. The Kier molecular flexibility index (Phi) is 6.59. The quantitative estimate of drug-likeness (QED) is 0.630. The Bertz CT molecular complexity index is 634. The molecule has 2 rings (SSSR count). The van der Waals surface area contributed by atoms with E-state index in [0.29, 0.717) is 0 Å². The number of benzene rings is 1. The zero-order chi connectivity index (χ0) is 16.7. The summed E-state index contributed by atoms with van der Waals surface area (Å²) in [7, 11) is 1.80. The Morgan fingerprint density at radius 1 is 1.30 bits per heavy atom. The Morgan fingerprint density at radius 2 is 2.04 bits per heavy atom. The summed E-state index contributed by atoms with van der Waals surface area (Å²) in [6.07, 6.45) is 1.93. The molecular weight excluding hydrogens is 304 g/mol. The topological polar surface area (TPSA) is 49.3 Å². The maximum atomic E-state index is 4.68. The molecule has 1 unspecified atom stereocenters. The molecule has 0 fully saturated rings. The van der Waals surface area contributed by atoms with E-state index in [4.69, 9.17) is 0 Å². The summed E-state index contributed by atoms with van der Waals surface area (Å²) in [5.41, 5.74) is 2.48. The zero-order valence-corrected chi connectivity index (χ0v) is 15.2. The average Bonchev–Trinajstić information content (AvgIpc) is 2.94. The van der Waals surface area contributed by atoms with Crippen molar-refractivity contribution in [2.24, 2.45) is 4.99 Å². The molecule has 2 aromatic rings. The summed E-state index contributed by atoms with van der Waals surface area (Å²) >= 11 is 1.80. The first-order valence-electron chi connectivity index (χ1n) is 8.11. The fourth-order valence-corrected chi connectivity index (χ4v) is 3.46. The first-order valence-corrected chi connectivity index (χ1v) is 8.93. The summed E-state index contributed by atoms with van der Waals surface area (Å²) in [6.45, 7) is 7.27. The monoisotopic (exact) mass is 330 g/mol. The van der Waals surface area contributed by atoms with E-state index in [2.05, 4.69) is 65.6 Å². The van der Waals surface area contributed by atoms with E-state index in [9.17, 15) is 0 Å². The number of aromatic nitrogens is 1. The van der Waals surface area contributed by atoms with Gasteiger partial charge in [-0.3, -0.25) is 4.99 Å². The summed E-state index contributed by atoms with van der Waals surface area (Å²) in [5.74, 6) is 0.824. The van der Waals surface area contributed by atoms with Crippen molar-refractivity contribution in [2.45, 2.75) is 39.7 Å². The van der Waals surface area contributed by atoms with Gasteiger partial charge in [0.25, 0.3) is 0 Å². The summed E-state index contributed by atoms with van der Waals surface area (Å²) in [6, 6.07) is 10.6. The highest BCUT2D eigenvalue weighted by Crippen LogP contribution is 2.18. The van der Waals surface area contributed by atoms with E-state index in [-0.39, 0.29) is 6.04 Å². The molecular formula is C18H26N4S. The van der Waals surface area contributed by atoms with E-state index < -0.39 is 0 Å². The zero-order valence-electron chi connectivity index (χ0n) is 14.4. The Hall–Kier alpha value is -1.88. The molecule has 1 aromatic heterocycles. The standard InChI is InChI=1S/C18H26N4S/c1-5-16-14(3)23-17(22-16)11-12-20-18(19-4)21-13(2)15-9-7-6-8-10-15/h6-10,13H,5,11-12H2,1-4H3,(H2,19,20,21). The van der Waals surface area contributed by atoms with E-state index in [1.165, 1.54) is 21.1 Å². The smallest absolute Gasteiger partial charge is 0.191 e. The van der Waals surface area contributed by atoms with Crippen LogP contribution in [0.15, 0.2) is 35.3 Å². The molecule has 1 heterocycles. The van der Waals surface area contributed by atoms with Crippen LogP contribution < -0.4 is 10.6 Å². The molecule has 124 valence electrons. The van der Waals surface area contributed by atoms with Gasteiger partial charge in [0.05, 0.1) is 16.7 Å². The van der Waals surface area contributed by atoms with Gasteiger partial charge >= 0.3 is 0 Å². The number of nitrogens with zero attached hydrogens (tertiary/aromatic N) is 2. The maximum absolute atomic E-state index is 4.68. The summed E-state index contributed by atoms with van der Waals surface area (Å²) in [4.78, 5) is 10.3. The minimum Gasteiger partial charge on any atom is -0.356 e. The van der Waals surface area contributed by atoms with Crippen LogP contribution in [0.1, 0.15) is 41.0 Å². The first-order chi connectivity index (χ1) is 11.1. The molecule has 1 aromatic carbocycles. The van der Waals surface area contributed by atoms with Gasteiger partial charge in [-0.1, -0.05) is 37.3 Å². The number of hydrogen-bond donors (Lipinski definition) is 2. The van der Waals surface area contributed by atoms with Crippen molar-refractivity contribution in [3.63, 3.8) is 0 Å². The molecule has 0 amide bonds. The number of nitrogens with one attached hydrogen (secondary N) is 2. The van der Waals surface area contributed by atoms with E-state index in [1.807, 2.05) is 6.07 Å². The Labute approximate surface area is 143 Å². The SMILES string of the molecule is CCc1nc(CCNC(=NC)NC(C)c2ccccc2)sc1C. The highest BCUT2D eigenvalue weighted by Gasteiger charge is 2.08. The van der Waals surface area contributed by atoms with Gasteiger partial charge in [0.2, 0.25) is 0 Å². The summed E-state index contributed by atoms with van der Waals surface area (Å²) in [5, 5.41) is 7.98. The maximum Gasteiger partial charge on any atom is 0.191 e. The lowest BCUT2D eigenvalue weighted by molar-refractivity contribution is 0.684. The second-order valence-corrected chi connectivity index (χ2v) is 6.78. The van der Waals surface area contributed by atoms with Gasteiger partial charge in [0.15, 0.2) is 5.96 Å². The third-order valence-electron chi connectivity index (χ3n) is 3.78. The molecule has 5 heteroatoms. The lowest BCUT2D eigenvalue weighted by Crippen LogP contribution is -2.39. The van der Waals surface area contributed by atoms with Crippen LogP contribution in [0.3, 0.4) is 0 Å². The van der Waals surface area contributed by atoms with Gasteiger partial charge in [-0.15, -0.1) is 11.3 Å². The molecule has 0 aliphatic carbocycles. The molecule has 0 saturated carbocycles. The molecule has 0 spiro atoms. The molecule has 0 bridgehead atoms. The van der Waals surface area contributed by atoms with Gasteiger partial charge in [-0.05, 0) is 25.8 Å². The number of thiazole rings is 1. The fraction of sp³-hybridized carbons (Fsp3) is 0.444. The van der Waals surface area contributed by atoms with Crippen LogP contribution in [0.25, 0.3) is 0 Å². The molecule has 2 N–H and O–H groups in total. The fourth-order valence-electron chi connectivity index (χ4n) is 2.44. The minimum absolute atomic E-state index is 0.219. The largest absolute Gasteiger partial charge is 0.356 e. The number of rotatable bonds is 6. The number of hydrogen-bond acceptors (Lipinski definition) is 3. The van der Waals surface area contributed by atoms with Gasteiger partial charge < -0.3 is 10.6 Å². The van der Waals surface area contributed by atoms with Crippen molar-refractivity contribution in [1.82, 2.24) is 15.6 Å². The lowest BCUT2D eigenvalue weighted by atomic mass is 10.1. The normalized spacial score (nSPS) is 13.0. The number of guanidine groups is 1. The third-order valence-corrected chi connectivity index (χ3v) is 4.85. The average molecular weight is 331 g/mol. The van der Waals surface area contributed by atoms with Crippen molar-refractivity contribution in [1.29, 1.82) is 0 Å². The third kappa shape index (κ3) is 5.06. The van der Waals surface area contributed by atoms with Crippen molar-refractivity contribution < 1.29 is 0 Å². The van der Waals surface area contributed by atoms with Crippen LogP contribution in [-0.2, 0) is 12.8 Å².